The topological polar surface area (TPSA) is 101 Å². The van der Waals surface area contributed by atoms with Gasteiger partial charge in [-0.15, -0.1) is 0 Å². The number of anilines is 1. The largest absolute Gasteiger partial charge is 0.325 e. The highest BCUT2D eigenvalue weighted by atomic mass is 35.5. The molecule has 0 aliphatic heterocycles. The van der Waals surface area contributed by atoms with Crippen LogP contribution in [0.3, 0.4) is 0 Å². The maximum absolute atomic E-state index is 12.3. The van der Waals surface area contributed by atoms with Crippen LogP contribution in [0.1, 0.15) is 18.3 Å². The van der Waals surface area contributed by atoms with Gasteiger partial charge in [0.1, 0.15) is 0 Å². The van der Waals surface area contributed by atoms with Gasteiger partial charge < -0.3 is 5.32 Å². The van der Waals surface area contributed by atoms with Crippen LogP contribution in [0.2, 0.25) is 5.02 Å². The molecule has 1 aromatic carbocycles. The van der Waals surface area contributed by atoms with Crippen molar-refractivity contribution in [2.45, 2.75) is 25.3 Å². The number of rotatable bonds is 5. The van der Waals surface area contributed by atoms with E-state index in [1.807, 2.05) is 0 Å². The number of nitrogens with one attached hydrogen (secondary N) is 2. The second kappa shape index (κ2) is 7.03. The van der Waals surface area contributed by atoms with Crippen molar-refractivity contribution in [1.29, 1.82) is 0 Å². The third-order valence-corrected chi connectivity index (χ3v) is 4.55. The van der Waals surface area contributed by atoms with Gasteiger partial charge in [0.2, 0.25) is 15.9 Å². The zero-order valence-corrected chi connectivity index (χ0v) is 14.1. The predicted octanol–water partition coefficient (Wildman–Crippen LogP) is 1.88. The van der Waals surface area contributed by atoms with Gasteiger partial charge in [0, 0.05) is 13.1 Å². The van der Waals surface area contributed by atoms with E-state index in [0.29, 0.717) is 11.4 Å². The molecule has 1 aromatic heterocycles. The maximum Gasteiger partial charge on any atom is 0.240 e. The lowest BCUT2D eigenvalue weighted by atomic mass is 10.3. The van der Waals surface area contributed by atoms with Crippen LogP contribution < -0.4 is 10.0 Å². The van der Waals surface area contributed by atoms with E-state index in [1.54, 1.807) is 13.1 Å². The number of aryl methyl sites for hydroxylation is 1. The van der Waals surface area contributed by atoms with Crippen LogP contribution in [0.5, 0.6) is 0 Å². The van der Waals surface area contributed by atoms with Crippen molar-refractivity contribution in [3.63, 3.8) is 0 Å². The lowest BCUT2D eigenvalue weighted by molar-refractivity contribution is -0.114. The first-order valence-electron chi connectivity index (χ1n) is 6.62. The SMILES string of the molecule is CC(=O)Nc1ccc(S(=O)(=O)NCc2cnc(C)cn2)cc1Cl. The Morgan fingerprint density at radius 3 is 2.57 bits per heavy atom. The average molecular weight is 355 g/mol. The fourth-order valence-electron chi connectivity index (χ4n) is 1.72. The number of nitrogens with zero attached hydrogens (tertiary/aromatic N) is 2. The van der Waals surface area contributed by atoms with Crippen molar-refractivity contribution in [2.24, 2.45) is 0 Å². The standard InChI is InChI=1S/C14H15ClN4O3S/c1-9-6-17-11(7-16-9)8-18-23(21,22)12-3-4-14(13(15)5-12)19-10(2)20/h3-7,18H,8H2,1-2H3,(H,19,20). The lowest BCUT2D eigenvalue weighted by Crippen LogP contribution is -2.24. The summed E-state index contributed by atoms with van der Waals surface area (Å²) in [4.78, 5) is 19.1. The highest BCUT2D eigenvalue weighted by Crippen LogP contribution is 2.25. The summed E-state index contributed by atoms with van der Waals surface area (Å²) in [6.07, 6.45) is 3.06. The predicted molar refractivity (Wildman–Crippen MR) is 86.6 cm³/mol. The van der Waals surface area contributed by atoms with Gasteiger partial charge in [0.05, 0.1) is 39.7 Å². The Bertz CT molecular complexity index is 822. The minimum absolute atomic E-state index is 0.00308. The minimum Gasteiger partial charge on any atom is -0.325 e. The smallest absolute Gasteiger partial charge is 0.240 e. The van der Waals surface area contributed by atoms with Crippen LogP contribution in [0, 0.1) is 6.92 Å². The molecule has 0 spiro atoms. The van der Waals surface area contributed by atoms with Gasteiger partial charge in [0.15, 0.2) is 0 Å². The number of aromatic nitrogens is 2. The molecule has 0 atom stereocenters. The van der Waals surface area contributed by atoms with E-state index in [9.17, 15) is 13.2 Å². The Morgan fingerprint density at radius 2 is 2.00 bits per heavy atom. The third-order valence-electron chi connectivity index (χ3n) is 2.84. The van der Waals surface area contributed by atoms with Gasteiger partial charge in [0.25, 0.3) is 0 Å². The summed E-state index contributed by atoms with van der Waals surface area (Å²) in [6.45, 7) is 3.14. The van der Waals surface area contributed by atoms with Crippen LogP contribution in [-0.4, -0.2) is 24.3 Å². The zero-order chi connectivity index (χ0) is 17.0. The van der Waals surface area contributed by atoms with Crippen molar-refractivity contribution >= 4 is 33.2 Å². The molecule has 122 valence electrons. The number of hydrogen-bond acceptors (Lipinski definition) is 5. The molecule has 1 heterocycles. The molecule has 0 aliphatic rings. The molecular formula is C14H15ClN4O3S. The van der Waals surface area contributed by atoms with Crippen molar-refractivity contribution in [2.75, 3.05) is 5.32 Å². The number of carbonyl (C=O) groups excluding carboxylic acids is 1. The Balaban J connectivity index is 2.14. The normalized spacial score (nSPS) is 11.3. The molecule has 1 amide bonds. The number of benzene rings is 1. The summed E-state index contributed by atoms with van der Waals surface area (Å²) in [6, 6.07) is 4.07. The van der Waals surface area contributed by atoms with E-state index in [-0.39, 0.29) is 22.4 Å². The van der Waals surface area contributed by atoms with E-state index < -0.39 is 10.0 Å². The Morgan fingerprint density at radius 1 is 1.26 bits per heavy atom. The summed E-state index contributed by atoms with van der Waals surface area (Å²) in [7, 11) is -3.75. The van der Waals surface area contributed by atoms with Gasteiger partial charge in [-0.3, -0.25) is 14.8 Å². The summed E-state index contributed by atoms with van der Waals surface area (Å²) in [5, 5.41) is 2.65. The summed E-state index contributed by atoms with van der Waals surface area (Å²) in [5.41, 5.74) is 1.60. The molecule has 0 saturated heterocycles. The quantitative estimate of drug-likeness (QED) is 0.853. The zero-order valence-electron chi connectivity index (χ0n) is 12.5. The monoisotopic (exact) mass is 354 g/mol. The highest BCUT2D eigenvalue weighted by molar-refractivity contribution is 7.89. The van der Waals surface area contributed by atoms with Crippen molar-refractivity contribution in [3.8, 4) is 0 Å². The Labute approximate surface area is 139 Å². The molecule has 9 heteroatoms. The number of amides is 1. The fraction of sp³-hybridized carbons (Fsp3) is 0.214. The van der Waals surface area contributed by atoms with Gasteiger partial charge in [-0.1, -0.05) is 11.6 Å². The van der Waals surface area contributed by atoms with Crippen molar-refractivity contribution in [1.82, 2.24) is 14.7 Å². The number of carbonyl (C=O) groups is 1. The third kappa shape index (κ3) is 4.72. The van der Waals surface area contributed by atoms with E-state index in [1.165, 1.54) is 31.3 Å². The van der Waals surface area contributed by atoms with E-state index in [4.69, 9.17) is 11.6 Å². The van der Waals surface area contributed by atoms with Crippen molar-refractivity contribution < 1.29 is 13.2 Å². The van der Waals surface area contributed by atoms with E-state index in [2.05, 4.69) is 20.0 Å². The van der Waals surface area contributed by atoms with Crippen LogP contribution in [0.4, 0.5) is 5.69 Å². The fourth-order valence-corrected chi connectivity index (χ4v) is 3.03. The molecule has 0 saturated carbocycles. The molecule has 2 aromatic rings. The van der Waals surface area contributed by atoms with E-state index in [0.717, 1.165) is 5.69 Å². The molecular weight excluding hydrogens is 340 g/mol. The first-order chi connectivity index (χ1) is 10.8. The molecule has 0 radical (unpaired) electrons. The summed E-state index contributed by atoms with van der Waals surface area (Å²) in [5.74, 6) is -0.293. The van der Waals surface area contributed by atoms with Gasteiger partial charge in [-0.25, -0.2) is 13.1 Å². The van der Waals surface area contributed by atoms with E-state index >= 15 is 0 Å². The minimum atomic E-state index is -3.75. The van der Waals surface area contributed by atoms with Gasteiger partial charge >= 0.3 is 0 Å². The molecule has 0 bridgehead atoms. The number of hydrogen-bond donors (Lipinski definition) is 2. The lowest BCUT2D eigenvalue weighted by Gasteiger charge is -2.09. The molecule has 2 N–H and O–H groups in total. The maximum atomic E-state index is 12.3. The first-order valence-corrected chi connectivity index (χ1v) is 8.48. The van der Waals surface area contributed by atoms with Crippen LogP contribution >= 0.6 is 11.6 Å². The average Bonchev–Trinajstić information content (AvgIpc) is 2.48. The van der Waals surface area contributed by atoms with Gasteiger partial charge in [-0.2, -0.15) is 0 Å². The Hall–Kier alpha value is -2.03. The summed E-state index contributed by atoms with van der Waals surface area (Å²) >= 11 is 5.98. The molecule has 0 unspecified atom stereocenters. The molecule has 2 rings (SSSR count). The van der Waals surface area contributed by atoms with Crippen LogP contribution in [0.25, 0.3) is 0 Å². The molecule has 23 heavy (non-hydrogen) atoms. The number of halogens is 1. The van der Waals surface area contributed by atoms with Crippen LogP contribution in [-0.2, 0) is 21.4 Å². The van der Waals surface area contributed by atoms with Gasteiger partial charge in [-0.05, 0) is 25.1 Å². The second-order valence-electron chi connectivity index (χ2n) is 4.80. The molecule has 0 aliphatic carbocycles. The molecule has 0 fully saturated rings. The second-order valence-corrected chi connectivity index (χ2v) is 6.97. The summed E-state index contributed by atoms with van der Waals surface area (Å²) < 4.78 is 26.9. The van der Waals surface area contributed by atoms with Crippen LogP contribution in [0.15, 0.2) is 35.5 Å². The Kier molecular flexibility index (Phi) is 5.30. The van der Waals surface area contributed by atoms with Crippen molar-refractivity contribution in [3.05, 3.63) is 47.0 Å². The molecule has 7 nitrogen and oxygen atoms in total. The number of sulfonamides is 1. The first kappa shape index (κ1) is 17.3. The highest BCUT2D eigenvalue weighted by Gasteiger charge is 2.16.